The summed E-state index contributed by atoms with van der Waals surface area (Å²) in [6.07, 6.45) is 0.863. The molecule has 0 spiro atoms. The fraction of sp³-hybridized carbons (Fsp3) is 0.167. The number of nitrogens with one attached hydrogen (secondary N) is 1. The molecule has 3 amide bonds. The molecule has 3 rings (SSSR count). The number of aromatic nitrogens is 2. The molecule has 25 heavy (non-hydrogen) atoms. The topological polar surface area (TPSA) is 90.0 Å². The lowest BCUT2D eigenvalue weighted by molar-refractivity contribution is -0.117. The van der Waals surface area contributed by atoms with E-state index >= 15 is 0 Å². The molecule has 0 radical (unpaired) electrons. The lowest BCUT2D eigenvalue weighted by Gasteiger charge is -2.09. The number of primary amides is 1. The van der Waals surface area contributed by atoms with Crippen molar-refractivity contribution in [2.75, 3.05) is 5.75 Å². The molecule has 0 aliphatic carbocycles. The number of thioether (sulfide) groups is 1. The van der Waals surface area contributed by atoms with Gasteiger partial charge in [-0.15, -0.1) is 0 Å². The van der Waals surface area contributed by atoms with E-state index in [1.165, 1.54) is 17.3 Å². The summed E-state index contributed by atoms with van der Waals surface area (Å²) in [4.78, 5) is 27.0. The Morgan fingerprint density at radius 1 is 1.08 bits per heavy atom. The number of hydrogen-bond acceptors (Lipinski definition) is 4. The van der Waals surface area contributed by atoms with E-state index in [4.69, 9.17) is 5.73 Å². The van der Waals surface area contributed by atoms with Crippen LogP contribution in [0.2, 0.25) is 0 Å². The number of urea groups is 1. The maximum Gasteiger partial charge on any atom is 0.318 e. The van der Waals surface area contributed by atoms with E-state index in [-0.39, 0.29) is 5.75 Å². The van der Waals surface area contributed by atoms with Gasteiger partial charge in [-0.1, -0.05) is 54.2 Å². The zero-order chi connectivity index (χ0) is 17.6. The Morgan fingerprint density at radius 2 is 1.80 bits per heavy atom. The van der Waals surface area contributed by atoms with E-state index in [0.29, 0.717) is 0 Å². The molecular formula is C18H18N4O2S. The van der Waals surface area contributed by atoms with Gasteiger partial charge in [0.1, 0.15) is 0 Å². The number of hydrogen-bond donors (Lipinski definition) is 2. The van der Waals surface area contributed by atoms with Gasteiger partial charge in [-0.3, -0.25) is 10.1 Å². The van der Waals surface area contributed by atoms with Gasteiger partial charge in [-0.2, -0.15) is 0 Å². The number of imidazole rings is 1. The van der Waals surface area contributed by atoms with Crippen LogP contribution in [0.3, 0.4) is 0 Å². The standard InChI is InChI=1S/C18H18N4O2S/c19-17(24)21-16(23)12-25-18-20-14-8-4-5-9-15(14)22(18)11-10-13-6-2-1-3-7-13/h1-9H,10-12H2,(H3,19,21,23,24). The fourth-order valence-corrected chi connectivity index (χ4v) is 3.41. The summed E-state index contributed by atoms with van der Waals surface area (Å²) < 4.78 is 2.10. The molecule has 7 heteroatoms. The van der Waals surface area contributed by atoms with Crippen LogP contribution in [0.1, 0.15) is 5.56 Å². The van der Waals surface area contributed by atoms with Crippen LogP contribution in [0, 0.1) is 0 Å². The second-order valence-corrected chi connectivity index (χ2v) is 6.41. The average molecular weight is 354 g/mol. The third-order valence-corrected chi connectivity index (χ3v) is 4.66. The van der Waals surface area contributed by atoms with Gasteiger partial charge >= 0.3 is 6.03 Å². The summed E-state index contributed by atoms with van der Waals surface area (Å²) in [5.74, 6) is -0.350. The van der Waals surface area contributed by atoms with E-state index in [2.05, 4.69) is 27.0 Å². The minimum absolute atomic E-state index is 0.0810. The zero-order valence-corrected chi connectivity index (χ0v) is 14.3. The number of nitrogens with two attached hydrogens (primary N) is 1. The normalized spacial score (nSPS) is 10.7. The van der Waals surface area contributed by atoms with Crippen molar-refractivity contribution >= 4 is 34.7 Å². The molecule has 2 aromatic carbocycles. The summed E-state index contributed by atoms with van der Waals surface area (Å²) in [6, 6.07) is 17.2. The summed E-state index contributed by atoms with van der Waals surface area (Å²) in [5, 5.41) is 2.81. The predicted octanol–water partition coefficient (Wildman–Crippen LogP) is 2.57. The van der Waals surface area contributed by atoms with Crippen molar-refractivity contribution in [2.45, 2.75) is 18.1 Å². The number of aryl methyl sites for hydroxylation is 2. The minimum Gasteiger partial charge on any atom is -0.351 e. The summed E-state index contributed by atoms with van der Waals surface area (Å²) >= 11 is 1.29. The minimum atomic E-state index is -0.844. The number of amides is 3. The van der Waals surface area contributed by atoms with E-state index in [9.17, 15) is 9.59 Å². The zero-order valence-electron chi connectivity index (χ0n) is 13.5. The van der Waals surface area contributed by atoms with Crippen LogP contribution in [0.5, 0.6) is 0 Å². The Hall–Kier alpha value is -2.80. The molecule has 128 valence electrons. The van der Waals surface area contributed by atoms with Crippen LogP contribution in [0.15, 0.2) is 59.8 Å². The summed E-state index contributed by atoms with van der Waals surface area (Å²) in [6.45, 7) is 0.754. The number of nitrogens with zero attached hydrogens (tertiary/aromatic N) is 2. The van der Waals surface area contributed by atoms with Crippen LogP contribution in [0.25, 0.3) is 11.0 Å². The third-order valence-electron chi connectivity index (χ3n) is 3.68. The smallest absolute Gasteiger partial charge is 0.318 e. The van der Waals surface area contributed by atoms with Crippen LogP contribution in [-0.4, -0.2) is 27.2 Å². The van der Waals surface area contributed by atoms with Crippen LogP contribution in [-0.2, 0) is 17.8 Å². The number of rotatable bonds is 6. The van der Waals surface area contributed by atoms with Gasteiger partial charge in [-0.05, 0) is 24.1 Å². The number of carbonyl (C=O) groups excluding carboxylic acids is 2. The van der Waals surface area contributed by atoms with Crippen molar-refractivity contribution < 1.29 is 9.59 Å². The Balaban J connectivity index is 1.79. The number of para-hydroxylation sites is 2. The molecule has 0 saturated carbocycles. The van der Waals surface area contributed by atoms with Crippen molar-refractivity contribution in [1.29, 1.82) is 0 Å². The molecule has 0 saturated heterocycles. The SMILES string of the molecule is NC(=O)NC(=O)CSc1nc2ccccc2n1CCc1ccccc1. The first-order valence-corrected chi connectivity index (χ1v) is 8.83. The number of carbonyl (C=O) groups is 2. The van der Waals surface area contributed by atoms with Crippen LogP contribution in [0.4, 0.5) is 4.79 Å². The van der Waals surface area contributed by atoms with Gasteiger partial charge in [0.05, 0.1) is 16.8 Å². The van der Waals surface area contributed by atoms with Crippen LogP contribution >= 0.6 is 11.8 Å². The lowest BCUT2D eigenvalue weighted by atomic mass is 10.1. The average Bonchev–Trinajstić information content (AvgIpc) is 2.96. The van der Waals surface area contributed by atoms with Crippen molar-refractivity contribution in [1.82, 2.24) is 14.9 Å². The number of benzene rings is 2. The summed E-state index contributed by atoms with van der Waals surface area (Å²) in [5.41, 5.74) is 8.11. The first-order chi connectivity index (χ1) is 12.1. The van der Waals surface area contributed by atoms with Gasteiger partial charge in [0.15, 0.2) is 5.16 Å². The third kappa shape index (κ3) is 4.39. The van der Waals surface area contributed by atoms with Crippen molar-refractivity contribution in [3.8, 4) is 0 Å². The summed E-state index contributed by atoms with van der Waals surface area (Å²) in [7, 11) is 0. The molecule has 0 aliphatic heterocycles. The van der Waals surface area contributed by atoms with E-state index in [0.717, 1.165) is 29.2 Å². The number of imide groups is 1. The fourth-order valence-electron chi connectivity index (χ4n) is 2.57. The molecular weight excluding hydrogens is 336 g/mol. The Bertz CT molecular complexity index is 892. The molecule has 0 unspecified atom stereocenters. The van der Waals surface area contributed by atoms with E-state index < -0.39 is 11.9 Å². The predicted molar refractivity (Wildman–Crippen MR) is 98.3 cm³/mol. The molecule has 1 aromatic heterocycles. The molecule has 6 nitrogen and oxygen atoms in total. The molecule has 0 aliphatic rings. The Labute approximate surface area is 149 Å². The Kier molecular flexibility index (Phi) is 5.35. The first kappa shape index (κ1) is 17.0. The van der Waals surface area contributed by atoms with Crippen molar-refractivity contribution in [3.05, 3.63) is 60.2 Å². The van der Waals surface area contributed by atoms with Crippen molar-refractivity contribution in [3.63, 3.8) is 0 Å². The van der Waals surface area contributed by atoms with Gasteiger partial charge in [-0.25, -0.2) is 9.78 Å². The van der Waals surface area contributed by atoms with Gasteiger partial charge in [0, 0.05) is 6.54 Å². The molecule has 3 aromatic rings. The highest BCUT2D eigenvalue weighted by Gasteiger charge is 2.13. The first-order valence-electron chi connectivity index (χ1n) is 7.85. The van der Waals surface area contributed by atoms with Gasteiger partial charge < -0.3 is 10.3 Å². The van der Waals surface area contributed by atoms with E-state index in [1.807, 2.05) is 42.5 Å². The van der Waals surface area contributed by atoms with Crippen molar-refractivity contribution in [2.24, 2.45) is 5.73 Å². The number of fused-ring (bicyclic) bond motifs is 1. The highest BCUT2D eigenvalue weighted by molar-refractivity contribution is 7.99. The van der Waals surface area contributed by atoms with Gasteiger partial charge in [0.25, 0.3) is 0 Å². The lowest BCUT2D eigenvalue weighted by Crippen LogP contribution is -2.36. The quantitative estimate of drug-likeness (QED) is 0.666. The molecule has 1 heterocycles. The van der Waals surface area contributed by atoms with Gasteiger partial charge in [0.2, 0.25) is 5.91 Å². The second kappa shape index (κ2) is 7.85. The highest BCUT2D eigenvalue weighted by Crippen LogP contribution is 2.24. The second-order valence-electron chi connectivity index (χ2n) is 5.47. The largest absolute Gasteiger partial charge is 0.351 e. The molecule has 0 bridgehead atoms. The monoisotopic (exact) mass is 354 g/mol. The highest BCUT2D eigenvalue weighted by atomic mass is 32.2. The van der Waals surface area contributed by atoms with Crippen LogP contribution < -0.4 is 11.1 Å². The maximum absolute atomic E-state index is 11.7. The Morgan fingerprint density at radius 3 is 2.56 bits per heavy atom. The maximum atomic E-state index is 11.7. The van der Waals surface area contributed by atoms with E-state index in [1.54, 1.807) is 0 Å². The molecule has 0 fully saturated rings. The molecule has 3 N–H and O–H groups in total. The molecule has 0 atom stereocenters.